The lowest BCUT2D eigenvalue weighted by Crippen LogP contribution is -2.17. The molecule has 0 atom stereocenters. The van der Waals surface area contributed by atoms with Crippen molar-refractivity contribution in [3.05, 3.63) is 36.0 Å². The van der Waals surface area contributed by atoms with Crippen molar-refractivity contribution >= 4 is 5.82 Å². The van der Waals surface area contributed by atoms with Crippen LogP contribution in [-0.4, -0.2) is 16.7 Å². The summed E-state index contributed by atoms with van der Waals surface area (Å²) >= 11 is 0. The molecule has 0 spiro atoms. The molecule has 3 rings (SSSR count). The first-order valence-electron chi connectivity index (χ1n) is 7.69. The highest BCUT2D eigenvalue weighted by Crippen LogP contribution is 2.30. The Hall–Kier alpha value is -1.77. The average Bonchev–Trinajstić information content (AvgIpc) is 2.88. The Morgan fingerprint density at radius 3 is 2.65 bits per heavy atom. The van der Waals surface area contributed by atoms with Gasteiger partial charge >= 0.3 is 0 Å². The Morgan fingerprint density at radius 1 is 1.15 bits per heavy atom. The van der Waals surface area contributed by atoms with Crippen LogP contribution in [0.2, 0.25) is 0 Å². The van der Waals surface area contributed by atoms with Crippen LogP contribution in [0.1, 0.15) is 37.8 Å². The molecule has 0 unspecified atom stereocenters. The summed E-state index contributed by atoms with van der Waals surface area (Å²) in [5, 5.41) is 11.1. The molecule has 0 bridgehead atoms. The highest BCUT2D eigenvalue weighted by Gasteiger charge is 2.16. The van der Waals surface area contributed by atoms with Gasteiger partial charge in [-0.15, -0.1) is 0 Å². The maximum Gasteiger partial charge on any atom is 0.155 e. The van der Waals surface area contributed by atoms with Crippen molar-refractivity contribution in [2.75, 3.05) is 11.9 Å². The molecule has 0 amide bonds. The zero-order chi connectivity index (χ0) is 13.8. The second-order valence-corrected chi connectivity index (χ2v) is 5.82. The Morgan fingerprint density at radius 2 is 1.90 bits per heavy atom. The SMILES string of the molecule is Cc1[nH]nc(NCC2CCCCC2)c1-c1ccccc1. The lowest BCUT2D eigenvalue weighted by atomic mass is 9.89. The summed E-state index contributed by atoms with van der Waals surface area (Å²) in [6.45, 7) is 3.13. The zero-order valence-corrected chi connectivity index (χ0v) is 12.2. The summed E-state index contributed by atoms with van der Waals surface area (Å²) in [6, 6.07) is 10.5. The molecular formula is C17H23N3. The number of hydrogen-bond donors (Lipinski definition) is 2. The van der Waals surface area contributed by atoms with Gasteiger partial charge in [-0.2, -0.15) is 5.10 Å². The first kappa shape index (κ1) is 13.2. The van der Waals surface area contributed by atoms with Crippen molar-refractivity contribution in [3.63, 3.8) is 0 Å². The summed E-state index contributed by atoms with van der Waals surface area (Å²) in [5.74, 6) is 1.81. The molecule has 1 aromatic carbocycles. The zero-order valence-electron chi connectivity index (χ0n) is 12.2. The topological polar surface area (TPSA) is 40.7 Å². The van der Waals surface area contributed by atoms with Gasteiger partial charge in [-0.3, -0.25) is 5.10 Å². The van der Waals surface area contributed by atoms with Crippen LogP contribution in [0.5, 0.6) is 0 Å². The third-order valence-corrected chi connectivity index (χ3v) is 4.29. The molecule has 0 radical (unpaired) electrons. The van der Waals surface area contributed by atoms with E-state index in [9.17, 15) is 0 Å². The number of rotatable bonds is 4. The van der Waals surface area contributed by atoms with E-state index in [1.165, 1.54) is 43.2 Å². The van der Waals surface area contributed by atoms with Crippen molar-refractivity contribution in [2.24, 2.45) is 5.92 Å². The summed E-state index contributed by atoms with van der Waals surface area (Å²) in [5.41, 5.74) is 3.56. The van der Waals surface area contributed by atoms with Crippen molar-refractivity contribution in [2.45, 2.75) is 39.0 Å². The fourth-order valence-corrected chi connectivity index (χ4v) is 3.15. The molecule has 106 valence electrons. The van der Waals surface area contributed by atoms with Gasteiger partial charge in [-0.25, -0.2) is 0 Å². The van der Waals surface area contributed by atoms with Crippen LogP contribution in [0, 0.1) is 12.8 Å². The fourth-order valence-electron chi connectivity index (χ4n) is 3.15. The van der Waals surface area contributed by atoms with Gasteiger partial charge in [0, 0.05) is 17.8 Å². The molecule has 1 fully saturated rings. The van der Waals surface area contributed by atoms with Gasteiger partial charge in [0.1, 0.15) is 0 Å². The lowest BCUT2D eigenvalue weighted by molar-refractivity contribution is 0.373. The Balaban J connectivity index is 1.74. The van der Waals surface area contributed by atoms with Crippen molar-refractivity contribution in [1.29, 1.82) is 0 Å². The third kappa shape index (κ3) is 2.87. The standard InChI is InChI=1S/C17H23N3/c1-13-16(15-10-6-3-7-11-15)17(20-19-13)18-12-14-8-4-2-5-9-14/h3,6-7,10-11,14H,2,4-5,8-9,12H2,1H3,(H2,18,19,20). The van der Waals surface area contributed by atoms with Gasteiger partial charge in [-0.05, 0) is 31.2 Å². The predicted molar refractivity (Wildman–Crippen MR) is 83.8 cm³/mol. The number of nitrogens with zero attached hydrogens (tertiary/aromatic N) is 1. The highest BCUT2D eigenvalue weighted by atomic mass is 15.2. The van der Waals surface area contributed by atoms with Crippen LogP contribution < -0.4 is 5.32 Å². The molecule has 1 aromatic heterocycles. The Bertz CT molecular complexity index is 539. The minimum absolute atomic E-state index is 0.810. The largest absolute Gasteiger partial charge is 0.368 e. The number of anilines is 1. The van der Waals surface area contributed by atoms with Crippen LogP contribution in [0.15, 0.2) is 30.3 Å². The van der Waals surface area contributed by atoms with E-state index in [1.807, 2.05) is 6.07 Å². The average molecular weight is 269 g/mol. The van der Waals surface area contributed by atoms with Crippen molar-refractivity contribution < 1.29 is 0 Å². The number of H-pyrrole nitrogens is 1. The fraction of sp³-hybridized carbons (Fsp3) is 0.471. The van der Waals surface area contributed by atoms with Gasteiger partial charge in [0.2, 0.25) is 0 Å². The molecule has 1 aliphatic carbocycles. The van der Waals surface area contributed by atoms with E-state index < -0.39 is 0 Å². The van der Waals surface area contributed by atoms with Crippen LogP contribution in [-0.2, 0) is 0 Å². The monoisotopic (exact) mass is 269 g/mol. The number of aromatic amines is 1. The maximum atomic E-state index is 4.44. The molecule has 1 heterocycles. The van der Waals surface area contributed by atoms with Gasteiger partial charge < -0.3 is 5.32 Å². The molecule has 2 N–H and O–H groups in total. The summed E-state index contributed by atoms with van der Waals surface area (Å²) in [6.07, 6.45) is 6.90. The maximum absolute atomic E-state index is 4.44. The van der Waals surface area contributed by atoms with Gasteiger partial charge in [-0.1, -0.05) is 49.6 Å². The third-order valence-electron chi connectivity index (χ3n) is 4.29. The number of nitrogens with one attached hydrogen (secondary N) is 2. The van der Waals surface area contributed by atoms with Gasteiger partial charge in [0.15, 0.2) is 5.82 Å². The number of benzene rings is 1. The van der Waals surface area contributed by atoms with E-state index in [2.05, 4.69) is 46.7 Å². The molecule has 3 heteroatoms. The molecule has 3 nitrogen and oxygen atoms in total. The second kappa shape index (κ2) is 6.12. The first-order valence-corrected chi connectivity index (χ1v) is 7.69. The van der Waals surface area contributed by atoms with E-state index in [4.69, 9.17) is 0 Å². The van der Waals surface area contributed by atoms with Gasteiger partial charge in [0.25, 0.3) is 0 Å². The summed E-state index contributed by atoms with van der Waals surface area (Å²) < 4.78 is 0. The summed E-state index contributed by atoms with van der Waals surface area (Å²) in [7, 11) is 0. The van der Waals surface area contributed by atoms with Crippen molar-refractivity contribution in [1.82, 2.24) is 10.2 Å². The van der Waals surface area contributed by atoms with Crippen LogP contribution in [0.25, 0.3) is 11.1 Å². The molecule has 1 aliphatic rings. The highest BCUT2D eigenvalue weighted by molar-refractivity contribution is 5.77. The molecule has 2 aromatic rings. The minimum atomic E-state index is 0.810. The quantitative estimate of drug-likeness (QED) is 0.865. The van der Waals surface area contributed by atoms with Crippen LogP contribution in [0.3, 0.4) is 0 Å². The predicted octanol–water partition coefficient (Wildman–Crippen LogP) is 4.38. The Labute approximate surface area is 120 Å². The number of aromatic nitrogens is 2. The van der Waals surface area contributed by atoms with Crippen molar-refractivity contribution in [3.8, 4) is 11.1 Å². The normalized spacial score (nSPS) is 16.2. The minimum Gasteiger partial charge on any atom is -0.368 e. The molecule has 0 saturated heterocycles. The molecule has 20 heavy (non-hydrogen) atoms. The number of hydrogen-bond acceptors (Lipinski definition) is 2. The second-order valence-electron chi connectivity index (χ2n) is 5.82. The molecular weight excluding hydrogens is 246 g/mol. The number of aryl methyl sites for hydroxylation is 1. The van der Waals surface area contributed by atoms with Gasteiger partial charge in [0.05, 0.1) is 0 Å². The van der Waals surface area contributed by atoms with E-state index >= 15 is 0 Å². The first-order chi connectivity index (χ1) is 9.84. The summed E-state index contributed by atoms with van der Waals surface area (Å²) in [4.78, 5) is 0. The van der Waals surface area contributed by atoms with E-state index in [-0.39, 0.29) is 0 Å². The van der Waals surface area contributed by atoms with E-state index in [1.54, 1.807) is 0 Å². The molecule has 1 saturated carbocycles. The van der Waals surface area contributed by atoms with Crippen LogP contribution in [0.4, 0.5) is 5.82 Å². The van der Waals surface area contributed by atoms with E-state index in [0.29, 0.717) is 0 Å². The Kier molecular flexibility index (Phi) is 4.05. The molecule has 0 aliphatic heterocycles. The van der Waals surface area contributed by atoms with Crippen LogP contribution >= 0.6 is 0 Å². The van der Waals surface area contributed by atoms with E-state index in [0.717, 1.165) is 24.0 Å². The smallest absolute Gasteiger partial charge is 0.155 e. The lowest BCUT2D eigenvalue weighted by Gasteiger charge is -2.22.